The first-order valence-electron chi connectivity index (χ1n) is 8.98. The van der Waals surface area contributed by atoms with Crippen LogP contribution >= 0.6 is 22.7 Å². The average Bonchev–Trinajstić information content (AvgIpc) is 3.30. The number of rotatable bonds is 3. The minimum atomic E-state index is 0.963. The molecular weight excluding hydrogens is 350 g/mol. The van der Waals surface area contributed by atoms with Gasteiger partial charge in [0, 0.05) is 43.0 Å². The molecule has 1 saturated heterocycles. The van der Waals surface area contributed by atoms with Crippen LogP contribution in [0.2, 0.25) is 0 Å². The van der Waals surface area contributed by atoms with Gasteiger partial charge < -0.3 is 4.90 Å². The van der Waals surface area contributed by atoms with Gasteiger partial charge in [0.1, 0.15) is 17.0 Å². The van der Waals surface area contributed by atoms with E-state index in [2.05, 4.69) is 25.1 Å². The van der Waals surface area contributed by atoms with Crippen LogP contribution in [-0.2, 0) is 19.4 Å². The first kappa shape index (κ1) is 15.7. The molecule has 0 saturated carbocycles. The van der Waals surface area contributed by atoms with Gasteiger partial charge in [-0.05, 0) is 31.2 Å². The molecule has 4 heterocycles. The van der Waals surface area contributed by atoms with Gasteiger partial charge in [-0.15, -0.1) is 22.7 Å². The largest absolute Gasteiger partial charge is 0.355 e. The molecule has 3 aromatic heterocycles. The van der Waals surface area contributed by atoms with Crippen molar-refractivity contribution in [1.82, 2.24) is 19.9 Å². The summed E-state index contributed by atoms with van der Waals surface area (Å²) in [5, 5.41) is 3.50. The fraction of sp³-hybridized carbons (Fsp3) is 0.500. The molecule has 0 N–H and O–H groups in total. The fourth-order valence-electron chi connectivity index (χ4n) is 4.04. The maximum atomic E-state index is 4.71. The Morgan fingerprint density at radius 1 is 1.00 bits per heavy atom. The highest BCUT2D eigenvalue weighted by atomic mass is 32.1. The van der Waals surface area contributed by atoms with Crippen molar-refractivity contribution in [3.63, 3.8) is 0 Å². The Bertz CT molecular complexity index is 873. The zero-order valence-corrected chi connectivity index (χ0v) is 15.8. The first-order valence-corrected chi connectivity index (χ1v) is 10.7. The summed E-state index contributed by atoms with van der Waals surface area (Å²) in [6.07, 6.45) is 6.62. The molecule has 0 atom stereocenters. The van der Waals surface area contributed by atoms with Crippen LogP contribution in [0.15, 0.2) is 17.2 Å². The van der Waals surface area contributed by atoms with Crippen molar-refractivity contribution >= 4 is 38.7 Å². The Kier molecular flexibility index (Phi) is 4.15. The second kappa shape index (κ2) is 6.63. The lowest BCUT2D eigenvalue weighted by molar-refractivity contribution is 0.282. The predicted molar refractivity (Wildman–Crippen MR) is 104 cm³/mol. The molecule has 7 heteroatoms. The molecule has 1 aliphatic heterocycles. The molecule has 1 fully saturated rings. The number of thiazole rings is 1. The lowest BCUT2D eigenvalue weighted by Crippen LogP contribution is -2.31. The van der Waals surface area contributed by atoms with Crippen LogP contribution in [0.1, 0.15) is 29.0 Å². The van der Waals surface area contributed by atoms with Gasteiger partial charge in [-0.25, -0.2) is 15.0 Å². The molecule has 0 radical (unpaired) electrons. The fourth-order valence-corrected chi connectivity index (χ4v) is 5.81. The maximum absolute atomic E-state index is 4.71. The van der Waals surface area contributed by atoms with E-state index in [0.29, 0.717) is 0 Å². The monoisotopic (exact) mass is 371 g/mol. The maximum Gasteiger partial charge on any atom is 0.141 e. The van der Waals surface area contributed by atoms with Crippen LogP contribution < -0.4 is 4.90 Å². The summed E-state index contributed by atoms with van der Waals surface area (Å²) in [6.45, 7) is 5.26. The molecule has 1 aliphatic carbocycles. The predicted octanol–water partition coefficient (Wildman–Crippen LogP) is 3.35. The van der Waals surface area contributed by atoms with Crippen LogP contribution in [0, 0.1) is 0 Å². The van der Waals surface area contributed by atoms with E-state index in [-0.39, 0.29) is 0 Å². The van der Waals surface area contributed by atoms with Gasteiger partial charge in [-0.2, -0.15) is 0 Å². The lowest BCUT2D eigenvalue weighted by Gasteiger charge is -2.23. The quantitative estimate of drug-likeness (QED) is 0.706. The summed E-state index contributed by atoms with van der Waals surface area (Å²) in [6, 6.07) is 0. The summed E-state index contributed by atoms with van der Waals surface area (Å²) >= 11 is 3.56. The Morgan fingerprint density at radius 2 is 2.00 bits per heavy atom. The third kappa shape index (κ3) is 2.94. The van der Waals surface area contributed by atoms with Gasteiger partial charge in [-0.3, -0.25) is 4.90 Å². The highest BCUT2D eigenvalue weighted by Crippen LogP contribution is 2.40. The lowest BCUT2D eigenvalue weighted by atomic mass is 10.2. The smallest absolute Gasteiger partial charge is 0.141 e. The van der Waals surface area contributed by atoms with Crippen molar-refractivity contribution in [3.05, 3.63) is 33.4 Å². The molecule has 0 aromatic carbocycles. The number of thiophene rings is 1. The van der Waals surface area contributed by atoms with Gasteiger partial charge in [-0.1, -0.05) is 0 Å². The zero-order chi connectivity index (χ0) is 16.6. The summed E-state index contributed by atoms with van der Waals surface area (Å²) < 4.78 is 0. The molecule has 5 rings (SSSR count). The summed E-state index contributed by atoms with van der Waals surface area (Å²) in [5.74, 6) is 1.17. The summed E-state index contributed by atoms with van der Waals surface area (Å²) in [7, 11) is 0. The van der Waals surface area contributed by atoms with Crippen LogP contribution in [-0.4, -0.2) is 46.0 Å². The van der Waals surface area contributed by atoms with Crippen LogP contribution in [0.5, 0.6) is 0 Å². The highest BCUT2D eigenvalue weighted by molar-refractivity contribution is 7.19. The topological polar surface area (TPSA) is 45.2 Å². The molecule has 2 aliphatic rings. The van der Waals surface area contributed by atoms with Crippen LogP contribution in [0.3, 0.4) is 0 Å². The summed E-state index contributed by atoms with van der Waals surface area (Å²) in [5.41, 5.74) is 4.64. The van der Waals surface area contributed by atoms with E-state index in [4.69, 9.17) is 4.98 Å². The Morgan fingerprint density at radius 3 is 2.92 bits per heavy atom. The molecule has 130 valence electrons. The van der Waals surface area contributed by atoms with Gasteiger partial charge >= 0.3 is 0 Å². The molecule has 0 spiro atoms. The second-order valence-electron chi connectivity index (χ2n) is 6.83. The number of hydrogen-bond donors (Lipinski definition) is 0. The molecule has 25 heavy (non-hydrogen) atoms. The number of nitrogens with zero attached hydrogens (tertiary/aromatic N) is 5. The first-order chi connectivity index (χ1) is 12.4. The van der Waals surface area contributed by atoms with Gasteiger partial charge in [0.15, 0.2) is 0 Å². The Hall–Kier alpha value is -1.57. The van der Waals surface area contributed by atoms with E-state index in [1.54, 1.807) is 17.7 Å². The van der Waals surface area contributed by atoms with Crippen LogP contribution in [0.4, 0.5) is 5.82 Å². The van der Waals surface area contributed by atoms with Crippen molar-refractivity contribution in [2.24, 2.45) is 0 Å². The third-order valence-corrected chi connectivity index (χ3v) is 7.07. The Balaban J connectivity index is 1.40. The molecule has 5 nitrogen and oxygen atoms in total. The molecule has 3 aromatic rings. The third-order valence-electron chi connectivity index (χ3n) is 5.24. The zero-order valence-electron chi connectivity index (χ0n) is 14.1. The van der Waals surface area contributed by atoms with Crippen LogP contribution in [0.25, 0.3) is 10.2 Å². The van der Waals surface area contributed by atoms with Crippen molar-refractivity contribution < 1.29 is 0 Å². The van der Waals surface area contributed by atoms with Crippen molar-refractivity contribution in [3.8, 4) is 0 Å². The van der Waals surface area contributed by atoms with E-state index < -0.39 is 0 Å². The number of anilines is 1. The number of aryl methyl sites for hydroxylation is 2. The van der Waals surface area contributed by atoms with Crippen molar-refractivity contribution in [1.29, 1.82) is 0 Å². The van der Waals surface area contributed by atoms with Crippen molar-refractivity contribution in [2.45, 2.75) is 32.2 Å². The van der Waals surface area contributed by atoms with Crippen molar-refractivity contribution in [2.75, 3.05) is 31.1 Å². The Labute approximate surface area is 155 Å². The number of aromatic nitrogens is 3. The van der Waals surface area contributed by atoms with E-state index >= 15 is 0 Å². The van der Waals surface area contributed by atoms with E-state index in [9.17, 15) is 0 Å². The van der Waals surface area contributed by atoms with Gasteiger partial charge in [0.05, 0.1) is 16.6 Å². The minimum Gasteiger partial charge on any atom is -0.355 e. The van der Waals surface area contributed by atoms with Gasteiger partial charge in [0.2, 0.25) is 0 Å². The molecule has 0 unspecified atom stereocenters. The number of hydrogen-bond acceptors (Lipinski definition) is 7. The highest BCUT2D eigenvalue weighted by Gasteiger charge is 2.24. The molecular formula is C18H21N5S2. The van der Waals surface area contributed by atoms with Gasteiger partial charge in [0.25, 0.3) is 0 Å². The standard InChI is InChI=1S/C18H21N5S2/c1-3-14-15(4-1)25-18-16(14)17(19-11-20-18)23-6-2-5-22(7-8-23)9-13-10-24-12-21-13/h10-12H,1-9H2. The average molecular weight is 372 g/mol. The normalized spacial score (nSPS) is 18.6. The summed E-state index contributed by atoms with van der Waals surface area (Å²) in [4.78, 5) is 21.4. The minimum absolute atomic E-state index is 0.963. The second-order valence-corrected chi connectivity index (χ2v) is 8.63. The molecule has 0 bridgehead atoms. The van der Waals surface area contributed by atoms with E-state index in [1.807, 2.05) is 16.8 Å². The molecule has 0 amide bonds. The van der Waals surface area contributed by atoms with E-state index in [1.165, 1.54) is 57.9 Å². The number of fused-ring (bicyclic) bond motifs is 3. The van der Waals surface area contributed by atoms with E-state index in [0.717, 1.165) is 32.7 Å². The SMILES string of the molecule is c1nc(N2CCCN(Cc3cscn3)CC2)c2c3c(sc2n1)CCC3.